The topological polar surface area (TPSA) is 72.9 Å². The van der Waals surface area contributed by atoms with Crippen molar-refractivity contribution >= 4 is 22.8 Å². The van der Waals surface area contributed by atoms with E-state index in [-0.39, 0.29) is 0 Å². The largest absolute Gasteiger partial charge is 0.383 e. The van der Waals surface area contributed by atoms with Gasteiger partial charge in [-0.15, -0.1) is 0 Å². The first-order valence-corrected chi connectivity index (χ1v) is 7.82. The highest BCUT2D eigenvalue weighted by Crippen LogP contribution is 2.28. The summed E-state index contributed by atoms with van der Waals surface area (Å²) in [5.41, 5.74) is 12.3. The summed E-state index contributed by atoms with van der Waals surface area (Å²) < 4.78 is 1.74. The van der Waals surface area contributed by atoms with Crippen molar-refractivity contribution in [1.82, 2.24) is 19.7 Å². The molecule has 1 aromatic carbocycles. The Morgan fingerprint density at radius 3 is 2.83 bits per heavy atom. The first-order chi connectivity index (χ1) is 11.0. The van der Waals surface area contributed by atoms with Crippen LogP contribution in [0.2, 0.25) is 0 Å². The van der Waals surface area contributed by atoms with Gasteiger partial charge in [0.1, 0.15) is 5.82 Å². The van der Waals surface area contributed by atoms with Gasteiger partial charge >= 0.3 is 0 Å². The van der Waals surface area contributed by atoms with Gasteiger partial charge in [0.2, 0.25) is 5.95 Å². The Bertz CT molecular complexity index is 911. The number of nitrogen functional groups attached to an aromatic ring is 1. The van der Waals surface area contributed by atoms with E-state index in [0.29, 0.717) is 11.8 Å². The fraction of sp³-hybridized carbons (Fsp3) is 0.353. The maximum Gasteiger partial charge on any atom is 0.229 e. The second-order valence-corrected chi connectivity index (χ2v) is 6.31. The van der Waals surface area contributed by atoms with E-state index < -0.39 is 0 Å². The number of anilines is 2. The molecule has 0 unspecified atom stereocenters. The lowest BCUT2D eigenvalue weighted by molar-refractivity contribution is 0.702. The summed E-state index contributed by atoms with van der Waals surface area (Å²) in [7, 11) is 1.87. The normalized spacial score (nSPS) is 14.3. The summed E-state index contributed by atoms with van der Waals surface area (Å²) in [5.74, 6) is 1.17. The molecule has 1 aliphatic rings. The summed E-state index contributed by atoms with van der Waals surface area (Å²) in [6.45, 7) is 6.05. The summed E-state index contributed by atoms with van der Waals surface area (Å²) in [5, 5.41) is 5.02. The van der Waals surface area contributed by atoms with Crippen LogP contribution in [0.15, 0.2) is 18.3 Å². The Labute approximate surface area is 135 Å². The molecular weight excluding hydrogens is 288 g/mol. The molecule has 23 heavy (non-hydrogen) atoms. The van der Waals surface area contributed by atoms with Crippen molar-refractivity contribution in [3.8, 4) is 0 Å². The Kier molecular flexibility index (Phi) is 3.01. The number of benzene rings is 1. The maximum absolute atomic E-state index is 6.09. The van der Waals surface area contributed by atoms with Crippen molar-refractivity contribution in [1.29, 1.82) is 0 Å². The number of aromatic nitrogens is 4. The molecule has 0 aliphatic carbocycles. The summed E-state index contributed by atoms with van der Waals surface area (Å²) in [6, 6.07) is 4.53. The predicted octanol–water partition coefficient (Wildman–Crippen LogP) is 2.13. The highest BCUT2D eigenvalue weighted by molar-refractivity contribution is 5.86. The Morgan fingerprint density at radius 1 is 1.17 bits per heavy atom. The van der Waals surface area contributed by atoms with Crippen LogP contribution in [0.4, 0.5) is 11.8 Å². The SMILES string of the molecule is Cc1cc(C)c2c(c1)CCN(c1nc(N)c3cnn(C)c3n1)C2. The lowest BCUT2D eigenvalue weighted by Gasteiger charge is -2.30. The molecule has 4 rings (SSSR count). The van der Waals surface area contributed by atoms with Crippen molar-refractivity contribution in [2.24, 2.45) is 7.05 Å². The van der Waals surface area contributed by atoms with E-state index in [9.17, 15) is 0 Å². The molecule has 0 atom stereocenters. The van der Waals surface area contributed by atoms with Crippen molar-refractivity contribution in [3.05, 3.63) is 40.6 Å². The second kappa shape index (κ2) is 4.94. The second-order valence-electron chi connectivity index (χ2n) is 6.31. The number of nitrogens with zero attached hydrogens (tertiary/aromatic N) is 5. The van der Waals surface area contributed by atoms with Crippen LogP contribution in [0.5, 0.6) is 0 Å². The minimum atomic E-state index is 0.490. The molecule has 1 aliphatic heterocycles. The van der Waals surface area contributed by atoms with Crippen LogP contribution in [0.1, 0.15) is 22.3 Å². The van der Waals surface area contributed by atoms with E-state index in [0.717, 1.165) is 30.5 Å². The highest BCUT2D eigenvalue weighted by atomic mass is 15.3. The quantitative estimate of drug-likeness (QED) is 0.745. The van der Waals surface area contributed by atoms with Gasteiger partial charge < -0.3 is 10.6 Å². The third-order valence-corrected chi connectivity index (χ3v) is 4.60. The molecule has 6 nitrogen and oxygen atoms in total. The molecule has 6 heteroatoms. The van der Waals surface area contributed by atoms with E-state index in [1.54, 1.807) is 10.9 Å². The molecule has 0 amide bonds. The minimum absolute atomic E-state index is 0.490. The van der Waals surface area contributed by atoms with Crippen LogP contribution in [-0.4, -0.2) is 26.3 Å². The van der Waals surface area contributed by atoms with E-state index in [2.05, 4.69) is 45.9 Å². The van der Waals surface area contributed by atoms with Gasteiger partial charge in [0.05, 0.1) is 11.6 Å². The molecule has 0 fully saturated rings. The molecule has 3 heterocycles. The van der Waals surface area contributed by atoms with Gasteiger partial charge in [-0.2, -0.15) is 15.1 Å². The van der Waals surface area contributed by atoms with Gasteiger partial charge in [-0.3, -0.25) is 4.68 Å². The Morgan fingerprint density at radius 2 is 2.00 bits per heavy atom. The molecule has 0 bridgehead atoms. The van der Waals surface area contributed by atoms with E-state index in [1.807, 2.05) is 7.05 Å². The molecule has 0 saturated heterocycles. The fourth-order valence-electron chi connectivity index (χ4n) is 3.40. The van der Waals surface area contributed by atoms with Crippen LogP contribution in [0, 0.1) is 13.8 Å². The molecule has 0 radical (unpaired) electrons. The smallest absolute Gasteiger partial charge is 0.229 e. The average Bonchev–Trinajstić information content (AvgIpc) is 2.89. The molecule has 118 valence electrons. The third kappa shape index (κ3) is 2.21. The number of rotatable bonds is 1. The van der Waals surface area contributed by atoms with Crippen molar-refractivity contribution in [3.63, 3.8) is 0 Å². The van der Waals surface area contributed by atoms with Gasteiger partial charge in [0.25, 0.3) is 0 Å². The summed E-state index contributed by atoms with van der Waals surface area (Å²) in [6.07, 6.45) is 2.72. The first kappa shape index (κ1) is 14.0. The molecule has 2 N–H and O–H groups in total. The number of aryl methyl sites for hydroxylation is 3. The van der Waals surface area contributed by atoms with E-state index in [4.69, 9.17) is 5.73 Å². The van der Waals surface area contributed by atoms with Gasteiger partial charge in [-0.25, -0.2) is 0 Å². The van der Waals surface area contributed by atoms with E-state index in [1.165, 1.54) is 22.3 Å². The lowest BCUT2D eigenvalue weighted by atomic mass is 9.93. The van der Waals surface area contributed by atoms with Gasteiger partial charge in [-0.1, -0.05) is 17.7 Å². The molecule has 2 aromatic heterocycles. The van der Waals surface area contributed by atoms with Crippen LogP contribution >= 0.6 is 0 Å². The first-order valence-electron chi connectivity index (χ1n) is 7.82. The number of hydrogen-bond donors (Lipinski definition) is 1. The van der Waals surface area contributed by atoms with Gasteiger partial charge in [0.15, 0.2) is 5.65 Å². The lowest BCUT2D eigenvalue weighted by Crippen LogP contribution is -2.32. The average molecular weight is 308 g/mol. The van der Waals surface area contributed by atoms with Crippen LogP contribution in [0.3, 0.4) is 0 Å². The monoisotopic (exact) mass is 308 g/mol. The van der Waals surface area contributed by atoms with Crippen molar-refractivity contribution in [2.75, 3.05) is 17.2 Å². The van der Waals surface area contributed by atoms with Gasteiger partial charge in [-0.05, 0) is 37.0 Å². The fourth-order valence-corrected chi connectivity index (χ4v) is 3.40. The summed E-state index contributed by atoms with van der Waals surface area (Å²) in [4.78, 5) is 11.4. The summed E-state index contributed by atoms with van der Waals surface area (Å²) >= 11 is 0. The standard InChI is InChI=1S/C17H20N6/c1-10-6-11(2)14-9-23(5-4-12(14)7-10)17-20-15(18)13-8-19-22(3)16(13)21-17/h6-8H,4-5,9H2,1-3H3,(H2,18,20,21). The number of hydrogen-bond acceptors (Lipinski definition) is 5. The number of fused-ring (bicyclic) bond motifs is 2. The predicted molar refractivity (Wildman–Crippen MR) is 91.4 cm³/mol. The van der Waals surface area contributed by atoms with Crippen LogP contribution in [0.25, 0.3) is 11.0 Å². The molecule has 0 spiro atoms. The minimum Gasteiger partial charge on any atom is -0.383 e. The number of nitrogens with two attached hydrogens (primary N) is 1. The third-order valence-electron chi connectivity index (χ3n) is 4.60. The van der Waals surface area contributed by atoms with Crippen molar-refractivity contribution in [2.45, 2.75) is 26.8 Å². The van der Waals surface area contributed by atoms with E-state index >= 15 is 0 Å². The zero-order valence-electron chi connectivity index (χ0n) is 13.7. The molecular formula is C17H20N6. The van der Waals surface area contributed by atoms with Gasteiger partial charge in [0, 0.05) is 20.1 Å². The Hall–Kier alpha value is -2.63. The molecule has 0 saturated carbocycles. The highest BCUT2D eigenvalue weighted by Gasteiger charge is 2.21. The molecule has 3 aromatic rings. The Balaban J connectivity index is 1.76. The zero-order chi connectivity index (χ0) is 16.1. The van der Waals surface area contributed by atoms with Crippen molar-refractivity contribution < 1.29 is 0 Å². The maximum atomic E-state index is 6.09. The van der Waals surface area contributed by atoms with Crippen LogP contribution in [-0.2, 0) is 20.0 Å². The zero-order valence-corrected chi connectivity index (χ0v) is 13.7. The van der Waals surface area contributed by atoms with Crippen LogP contribution < -0.4 is 10.6 Å².